The van der Waals surface area contributed by atoms with Gasteiger partial charge in [0.1, 0.15) is 28.7 Å². The van der Waals surface area contributed by atoms with Crippen LogP contribution in [0.3, 0.4) is 0 Å². The topological polar surface area (TPSA) is 178 Å². The summed E-state index contributed by atoms with van der Waals surface area (Å²) < 4.78 is 12.8. The molecule has 0 radical (unpaired) electrons. The van der Waals surface area contributed by atoms with Crippen molar-refractivity contribution in [3.63, 3.8) is 0 Å². The number of hydrogen-bond acceptors (Lipinski definition) is 13. The number of nitrogens with zero attached hydrogens (tertiary/aromatic N) is 8. The molecule has 0 saturated heterocycles. The lowest BCUT2D eigenvalue weighted by Gasteiger charge is -2.21. The fourth-order valence-electron chi connectivity index (χ4n) is 10.4. The summed E-state index contributed by atoms with van der Waals surface area (Å²) in [6.07, 6.45) is 2.03. The van der Waals surface area contributed by atoms with Crippen LogP contribution in [0.15, 0.2) is 156 Å². The molecule has 13 nitrogen and oxygen atoms in total. The van der Waals surface area contributed by atoms with E-state index in [1.165, 1.54) is 0 Å². The van der Waals surface area contributed by atoms with Crippen molar-refractivity contribution in [1.82, 2.24) is 0 Å². The summed E-state index contributed by atoms with van der Waals surface area (Å²) >= 11 is 0. The van der Waals surface area contributed by atoms with E-state index in [0.717, 1.165) is 62.2 Å². The molecule has 8 aromatic rings. The minimum atomic E-state index is -0.0607. The first kappa shape index (κ1) is 54.9. The highest BCUT2D eigenvalue weighted by atomic mass is 16.5. The molecular formula is C66H68N8O5. The third-order valence-electron chi connectivity index (χ3n) is 13.8. The summed E-state index contributed by atoms with van der Waals surface area (Å²) in [4.78, 5) is 0. The van der Waals surface area contributed by atoms with E-state index in [1.54, 1.807) is 6.07 Å². The Labute approximate surface area is 463 Å². The van der Waals surface area contributed by atoms with Gasteiger partial charge in [-0.1, -0.05) is 50.2 Å². The van der Waals surface area contributed by atoms with E-state index < -0.39 is 0 Å². The van der Waals surface area contributed by atoms with Crippen molar-refractivity contribution in [3.05, 3.63) is 204 Å². The van der Waals surface area contributed by atoms with Gasteiger partial charge in [-0.2, -0.15) is 40.9 Å². The van der Waals surface area contributed by atoms with Crippen LogP contribution in [-0.2, 0) is 25.7 Å². The molecule has 1 aliphatic rings. The quantitative estimate of drug-likeness (QED) is 0.0916. The van der Waals surface area contributed by atoms with Crippen molar-refractivity contribution < 1.29 is 24.8 Å². The Morgan fingerprint density at radius 3 is 0.987 bits per heavy atom. The monoisotopic (exact) mass is 1050 g/mol. The molecule has 0 aromatic heterocycles. The minimum absolute atomic E-state index is 0.00759. The van der Waals surface area contributed by atoms with Crippen molar-refractivity contribution in [2.24, 2.45) is 40.9 Å². The average molecular weight is 1050 g/mol. The molecule has 0 unspecified atom stereocenters. The summed E-state index contributed by atoms with van der Waals surface area (Å²) in [6.45, 7) is 21.2. The van der Waals surface area contributed by atoms with Crippen molar-refractivity contribution in [2.75, 3.05) is 13.2 Å². The molecule has 1 aliphatic carbocycles. The number of ether oxygens (including phenoxy) is 2. The SMILES string of the molecule is CCCOc1c(C)cc(N=Nc2cc3c(OCCC)c(c2)Cc2c(N=Nc4cc(C)cc(C)c4)ccc(c2O)Cc2c(N=Nc4cc(C)cc(C)c4)ccc(c2O)Cc2c(N=Nc4cc(C)cc(C)c4)ccc(c2O)C3)cc1C. The highest BCUT2D eigenvalue weighted by molar-refractivity contribution is 5.68. The summed E-state index contributed by atoms with van der Waals surface area (Å²) in [7, 11) is 0. The van der Waals surface area contributed by atoms with Crippen LogP contribution in [0.5, 0.6) is 28.7 Å². The van der Waals surface area contributed by atoms with Gasteiger partial charge in [0.15, 0.2) is 0 Å². The van der Waals surface area contributed by atoms with Crippen LogP contribution in [0.1, 0.15) is 116 Å². The Hall–Kier alpha value is -8.84. The highest BCUT2D eigenvalue weighted by Crippen LogP contribution is 2.46. The second-order valence-electron chi connectivity index (χ2n) is 21.0. The van der Waals surface area contributed by atoms with Gasteiger partial charge in [0.2, 0.25) is 0 Å². The number of rotatable bonds is 14. The van der Waals surface area contributed by atoms with E-state index in [2.05, 4.69) is 35.4 Å². The zero-order valence-electron chi connectivity index (χ0n) is 46.9. The number of benzene rings is 8. The van der Waals surface area contributed by atoms with Crippen LogP contribution >= 0.6 is 0 Å². The molecule has 0 heterocycles. The Morgan fingerprint density at radius 2 is 0.620 bits per heavy atom. The van der Waals surface area contributed by atoms with Gasteiger partial charge in [0, 0.05) is 53.5 Å². The van der Waals surface area contributed by atoms with Gasteiger partial charge in [0.05, 0.1) is 58.7 Å². The molecule has 9 rings (SSSR count). The minimum Gasteiger partial charge on any atom is -0.507 e. The van der Waals surface area contributed by atoms with Gasteiger partial charge in [-0.05, 0) is 208 Å². The number of fused-ring (bicyclic) bond motifs is 8. The average Bonchev–Trinajstić information content (AvgIpc) is 3.39. The largest absolute Gasteiger partial charge is 0.507 e. The summed E-state index contributed by atoms with van der Waals surface area (Å²) in [5.74, 6) is 1.32. The third-order valence-corrected chi connectivity index (χ3v) is 13.8. The number of phenols is 3. The molecule has 402 valence electrons. The molecule has 0 saturated carbocycles. The molecule has 0 fully saturated rings. The second-order valence-corrected chi connectivity index (χ2v) is 21.0. The molecule has 8 aromatic carbocycles. The maximum Gasteiger partial charge on any atom is 0.126 e. The zero-order chi connectivity index (χ0) is 55.9. The standard InChI is InChI=1S/C66H68N8O5/c1-11-19-78-65-44(9)30-54(31-45(65)10)67-68-55-33-49-32-46-13-16-59(72-69-51-24-38(3)21-39(4)25-51)56(62(46)75)35-47-14-17-60(73-70-52-26-40(5)22-41(6)27-52)57(63(47)76)36-48-15-18-61(74-71-53-28-42(7)23-43(8)29-53)58(64(48)77)37-50(34-55)66(49)79-20-12-2/h13-18,21-31,33-34,75-77H,11-12,19-20,32,35-37H2,1-10H3. The van der Waals surface area contributed by atoms with Crippen molar-refractivity contribution in [2.45, 2.75) is 108 Å². The molecule has 0 aliphatic heterocycles. The van der Waals surface area contributed by atoms with Gasteiger partial charge in [0.25, 0.3) is 0 Å². The molecule has 3 N–H and O–H groups in total. The van der Waals surface area contributed by atoms with E-state index in [-0.39, 0.29) is 42.9 Å². The smallest absolute Gasteiger partial charge is 0.126 e. The normalized spacial score (nSPS) is 12.6. The fourth-order valence-corrected chi connectivity index (χ4v) is 10.4. The van der Waals surface area contributed by atoms with E-state index in [9.17, 15) is 15.3 Å². The number of aromatic hydroxyl groups is 3. The Bertz CT molecular complexity index is 3660. The Morgan fingerprint density at radius 1 is 0.329 bits per heavy atom. The highest BCUT2D eigenvalue weighted by Gasteiger charge is 2.25. The Balaban J connectivity index is 1.28. The predicted octanol–water partition coefficient (Wildman–Crippen LogP) is 19.2. The van der Waals surface area contributed by atoms with Crippen LogP contribution in [-0.4, -0.2) is 28.5 Å². The molecular weight excluding hydrogens is 985 g/mol. The van der Waals surface area contributed by atoms with Gasteiger partial charge in [-0.25, -0.2) is 0 Å². The Kier molecular flexibility index (Phi) is 16.8. The fraction of sp³-hybridized carbons (Fsp3) is 0.273. The first-order valence-corrected chi connectivity index (χ1v) is 27.0. The third kappa shape index (κ3) is 13.1. The first-order valence-electron chi connectivity index (χ1n) is 27.0. The van der Waals surface area contributed by atoms with Gasteiger partial charge in [-0.15, -0.1) is 0 Å². The summed E-state index contributed by atoms with van der Waals surface area (Å²) in [5, 5.41) is 76.2. The van der Waals surface area contributed by atoms with Crippen LogP contribution in [0, 0.1) is 55.4 Å². The molecule has 0 amide bonds. The maximum absolute atomic E-state index is 12.8. The molecule has 13 heteroatoms. The summed E-state index contributed by atoms with van der Waals surface area (Å²) in [5.41, 5.74) is 17.0. The maximum atomic E-state index is 12.8. The molecule has 8 bridgehead atoms. The molecule has 0 atom stereocenters. The molecule has 0 spiro atoms. The van der Waals surface area contributed by atoms with E-state index in [1.807, 2.05) is 153 Å². The lowest BCUT2D eigenvalue weighted by molar-refractivity contribution is 0.311. The van der Waals surface area contributed by atoms with Crippen LogP contribution in [0.25, 0.3) is 0 Å². The van der Waals surface area contributed by atoms with Gasteiger partial charge >= 0.3 is 0 Å². The lowest BCUT2D eigenvalue weighted by atomic mass is 9.89. The number of aryl methyl sites for hydroxylation is 8. The number of hydrogen-bond donors (Lipinski definition) is 3. The molecule has 79 heavy (non-hydrogen) atoms. The van der Waals surface area contributed by atoms with Crippen molar-refractivity contribution >= 4 is 45.5 Å². The van der Waals surface area contributed by atoms with Gasteiger partial charge in [-0.3, -0.25) is 0 Å². The summed E-state index contributed by atoms with van der Waals surface area (Å²) in [6, 6.07) is 36.7. The number of azo groups is 4. The van der Waals surface area contributed by atoms with E-state index in [4.69, 9.17) is 40.2 Å². The lowest BCUT2D eigenvalue weighted by Crippen LogP contribution is -2.06. The van der Waals surface area contributed by atoms with Crippen LogP contribution in [0.4, 0.5) is 45.5 Å². The predicted molar refractivity (Wildman–Crippen MR) is 314 cm³/mol. The van der Waals surface area contributed by atoms with Gasteiger partial charge < -0.3 is 24.8 Å². The van der Waals surface area contributed by atoms with E-state index >= 15 is 0 Å². The van der Waals surface area contributed by atoms with Crippen molar-refractivity contribution in [1.29, 1.82) is 0 Å². The van der Waals surface area contributed by atoms with E-state index in [0.29, 0.717) is 110 Å². The zero-order valence-corrected chi connectivity index (χ0v) is 46.9. The second kappa shape index (κ2) is 24.2. The van der Waals surface area contributed by atoms with Crippen molar-refractivity contribution in [3.8, 4) is 28.7 Å². The van der Waals surface area contributed by atoms with Crippen LogP contribution in [0.2, 0.25) is 0 Å². The number of phenolic OH excluding ortho intramolecular Hbond substituents is 3. The first-order chi connectivity index (χ1) is 38.0. The van der Waals surface area contributed by atoms with Crippen LogP contribution < -0.4 is 9.47 Å².